The highest BCUT2D eigenvalue weighted by atomic mass is 16.2. The zero-order chi connectivity index (χ0) is 10.8. The Labute approximate surface area is 90.1 Å². The molecule has 0 bridgehead atoms. The molecule has 3 nitrogen and oxygen atoms in total. The summed E-state index contributed by atoms with van der Waals surface area (Å²) in [6, 6.07) is 9.93. The van der Waals surface area contributed by atoms with E-state index in [1.807, 2.05) is 35.3 Å². The van der Waals surface area contributed by atoms with Crippen LogP contribution in [-0.4, -0.2) is 12.5 Å². The highest BCUT2D eigenvalue weighted by molar-refractivity contribution is 5.84. The summed E-state index contributed by atoms with van der Waals surface area (Å²) in [4.78, 5) is 11.6. The Balaban J connectivity index is 2.13. The van der Waals surface area contributed by atoms with Crippen LogP contribution in [0.2, 0.25) is 0 Å². The molecule has 0 aromatic heterocycles. The van der Waals surface area contributed by atoms with Crippen molar-refractivity contribution in [2.75, 3.05) is 11.6 Å². The van der Waals surface area contributed by atoms with Crippen LogP contribution in [-0.2, 0) is 4.79 Å². The van der Waals surface area contributed by atoms with Crippen molar-refractivity contribution in [3.63, 3.8) is 0 Å². The Morgan fingerprint density at radius 3 is 2.53 bits per heavy atom. The molecule has 0 spiro atoms. The van der Waals surface area contributed by atoms with Gasteiger partial charge in [0, 0.05) is 0 Å². The molecule has 2 rings (SSSR count). The molecule has 0 radical (unpaired) electrons. The fraction of sp³-hybridized carbons (Fsp3) is 0.417. The summed E-state index contributed by atoms with van der Waals surface area (Å²) in [6.07, 6.45) is 0. The second kappa shape index (κ2) is 3.93. The Bertz CT molecular complexity index is 348. The van der Waals surface area contributed by atoms with Crippen molar-refractivity contribution in [2.45, 2.75) is 13.8 Å². The van der Waals surface area contributed by atoms with E-state index in [4.69, 9.17) is 0 Å². The lowest BCUT2D eigenvalue weighted by atomic mass is 9.96. The largest absolute Gasteiger partial charge is 0.285 e. The van der Waals surface area contributed by atoms with Crippen molar-refractivity contribution in [2.24, 2.45) is 11.8 Å². The first-order valence-corrected chi connectivity index (χ1v) is 5.31. The van der Waals surface area contributed by atoms with Gasteiger partial charge in [-0.25, -0.2) is 0 Å². The maximum Gasteiger partial charge on any atom is 0.243 e. The molecule has 1 saturated heterocycles. The Morgan fingerprint density at radius 1 is 1.33 bits per heavy atom. The summed E-state index contributed by atoms with van der Waals surface area (Å²) < 4.78 is 0. The minimum absolute atomic E-state index is 0.102. The standard InChI is InChI=1S/C12H16N2O/c1-9(2)11-8-14(13-12(11)15)10-6-4-3-5-7-10/h3-7,9,11H,8H2,1-2H3,(H,13,15). The van der Waals surface area contributed by atoms with Gasteiger partial charge in [0.2, 0.25) is 5.91 Å². The molecule has 1 heterocycles. The average molecular weight is 204 g/mol. The normalized spacial score (nSPS) is 20.9. The number of para-hydroxylation sites is 1. The van der Waals surface area contributed by atoms with E-state index in [1.54, 1.807) is 0 Å². The molecular formula is C12H16N2O. The molecule has 1 aromatic rings. The van der Waals surface area contributed by atoms with Crippen molar-refractivity contribution < 1.29 is 4.79 Å². The number of nitrogens with zero attached hydrogens (tertiary/aromatic N) is 1. The van der Waals surface area contributed by atoms with Crippen molar-refractivity contribution in [3.8, 4) is 0 Å². The van der Waals surface area contributed by atoms with Crippen molar-refractivity contribution in [1.29, 1.82) is 0 Å². The molecule has 1 unspecified atom stereocenters. The number of nitrogens with one attached hydrogen (secondary N) is 1. The molecule has 15 heavy (non-hydrogen) atoms. The highest BCUT2D eigenvalue weighted by Crippen LogP contribution is 2.22. The zero-order valence-electron chi connectivity index (χ0n) is 9.10. The molecular weight excluding hydrogens is 188 g/mol. The van der Waals surface area contributed by atoms with Gasteiger partial charge in [-0.15, -0.1) is 0 Å². The summed E-state index contributed by atoms with van der Waals surface area (Å²) in [7, 11) is 0. The molecule has 0 saturated carbocycles. The van der Waals surface area contributed by atoms with E-state index in [2.05, 4.69) is 19.3 Å². The van der Waals surface area contributed by atoms with Gasteiger partial charge in [-0.3, -0.25) is 15.2 Å². The summed E-state index contributed by atoms with van der Waals surface area (Å²) in [6.45, 7) is 4.93. The first kappa shape index (κ1) is 10.0. The lowest BCUT2D eigenvalue weighted by Gasteiger charge is -2.17. The van der Waals surface area contributed by atoms with E-state index >= 15 is 0 Å². The van der Waals surface area contributed by atoms with Gasteiger partial charge in [0.1, 0.15) is 0 Å². The SMILES string of the molecule is CC(C)C1CN(c2ccccc2)NC1=O. The van der Waals surface area contributed by atoms with E-state index in [-0.39, 0.29) is 11.8 Å². The molecule has 1 aromatic carbocycles. The second-order valence-corrected chi connectivity index (χ2v) is 4.27. The topological polar surface area (TPSA) is 32.3 Å². The number of hydrogen-bond donors (Lipinski definition) is 1. The number of carbonyl (C=O) groups is 1. The molecule has 1 aliphatic rings. The van der Waals surface area contributed by atoms with Crippen molar-refractivity contribution in [3.05, 3.63) is 30.3 Å². The smallest absolute Gasteiger partial charge is 0.243 e. The number of rotatable bonds is 2. The third kappa shape index (κ3) is 1.96. The third-order valence-corrected chi connectivity index (χ3v) is 2.83. The number of hydrazine groups is 1. The monoisotopic (exact) mass is 204 g/mol. The van der Waals surface area contributed by atoms with Crippen molar-refractivity contribution >= 4 is 11.6 Å². The van der Waals surface area contributed by atoms with Gasteiger partial charge in [-0.05, 0) is 18.1 Å². The van der Waals surface area contributed by atoms with Crippen LogP contribution < -0.4 is 10.4 Å². The Morgan fingerprint density at radius 2 is 2.00 bits per heavy atom. The number of anilines is 1. The predicted octanol–water partition coefficient (Wildman–Crippen LogP) is 1.81. The van der Waals surface area contributed by atoms with Crippen LogP contribution in [0, 0.1) is 11.8 Å². The average Bonchev–Trinajstić information content (AvgIpc) is 2.62. The molecule has 3 heteroatoms. The Hall–Kier alpha value is -1.51. The molecule has 1 amide bonds. The quantitative estimate of drug-likeness (QED) is 0.796. The van der Waals surface area contributed by atoms with E-state index in [0.29, 0.717) is 5.92 Å². The van der Waals surface area contributed by atoms with Crippen LogP contribution in [0.1, 0.15) is 13.8 Å². The molecule has 1 atom stereocenters. The summed E-state index contributed by atoms with van der Waals surface area (Å²) >= 11 is 0. The second-order valence-electron chi connectivity index (χ2n) is 4.27. The minimum Gasteiger partial charge on any atom is -0.285 e. The first-order valence-electron chi connectivity index (χ1n) is 5.31. The third-order valence-electron chi connectivity index (χ3n) is 2.83. The van der Waals surface area contributed by atoms with Gasteiger partial charge in [0.15, 0.2) is 0 Å². The van der Waals surface area contributed by atoms with Crippen LogP contribution >= 0.6 is 0 Å². The lowest BCUT2D eigenvalue weighted by Crippen LogP contribution is -2.32. The maximum atomic E-state index is 11.6. The van der Waals surface area contributed by atoms with Crippen molar-refractivity contribution in [1.82, 2.24) is 5.43 Å². The molecule has 1 aliphatic heterocycles. The summed E-state index contributed by atoms with van der Waals surface area (Å²) in [5.74, 6) is 0.623. The molecule has 1 N–H and O–H groups in total. The summed E-state index contributed by atoms with van der Waals surface area (Å²) in [5, 5.41) is 1.92. The predicted molar refractivity (Wildman–Crippen MR) is 60.3 cm³/mol. The van der Waals surface area contributed by atoms with Crippen LogP contribution in [0.3, 0.4) is 0 Å². The molecule has 1 fully saturated rings. The minimum atomic E-state index is 0.102. The van der Waals surface area contributed by atoms with Gasteiger partial charge in [-0.2, -0.15) is 0 Å². The van der Waals surface area contributed by atoms with E-state index in [1.165, 1.54) is 0 Å². The number of carbonyl (C=O) groups excluding carboxylic acids is 1. The van der Waals surface area contributed by atoms with Crippen LogP contribution in [0.15, 0.2) is 30.3 Å². The van der Waals surface area contributed by atoms with Crippen LogP contribution in [0.25, 0.3) is 0 Å². The van der Waals surface area contributed by atoms with Gasteiger partial charge < -0.3 is 0 Å². The van der Waals surface area contributed by atoms with Crippen LogP contribution in [0.5, 0.6) is 0 Å². The van der Waals surface area contributed by atoms with Gasteiger partial charge in [-0.1, -0.05) is 32.0 Å². The number of hydrogen-bond acceptors (Lipinski definition) is 2. The van der Waals surface area contributed by atoms with Gasteiger partial charge in [0.25, 0.3) is 0 Å². The van der Waals surface area contributed by atoms with Crippen LogP contribution in [0.4, 0.5) is 5.69 Å². The lowest BCUT2D eigenvalue weighted by molar-refractivity contribution is -0.123. The molecule has 0 aliphatic carbocycles. The zero-order valence-corrected chi connectivity index (χ0v) is 9.10. The number of benzene rings is 1. The maximum absolute atomic E-state index is 11.6. The Kier molecular flexibility index (Phi) is 2.62. The van der Waals surface area contributed by atoms with E-state index in [9.17, 15) is 4.79 Å². The van der Waals surface area contributed by atoms with E-state index in [0.717, 1.165) is 12.2 Å². The van der Waals surface area contributed by atoms with E-state index < -0.39 is 0 Å². The highest BCUT2D eigenvalue weighted by Gasteiger charge is 2.32. The molecule has 80 valence electrons. The number of amides is 1. The fourth-order valence-corrected chi connectivity index (χ4v) is 1.83. The van der Waals surface area contributed by atoms with Gasteiger partial charge >= 0.3 is 0 Å². The summed E-state index contributed by atoms with van der Waals surface area (Å²) in [5.41, 5.74) is 3.95. The fourth-order valence-electron chi connectivity index (χ4n) is 1.83. The first-order chi connectivity index (χ1) is 7.18. The van der Waals surface area contributed by atoms with Gasteiger partial charge in [0.05, 0.1) is 18.2 Å².